The van der Waals surface area contributed by atoms with Crippen molar-refractivity contribution >= 4 is 11.5 Å². The van der Waals surface area contributed by atoms with Gasteiger partial charge in [0.05, 0.1) is 0 Å². The fourth-order valence-electron chi connectivity index (χ4n) is 2.30. The molecule has 0 atom stereocenters. The highest BCUT2D eigenvalue weighted by molar-refractivity contribution is 5.63. The molecule has 3 rings (SSSR count). The number of benzene rings is 2. The van der Waals surface area contributed by atoms with E-state index in [1.54, 1.807) is 0 Å². The van der Waals surface area contributed by atoms with E-state index in [-0.39, 0.29) is 11.5 Å². The number of aromatic nitrogens is 2. The van der Waals surface area contributed by atoms with Crippen LogP contribution in [0.5, 0.6) is 0 Å². The number of hydrogen-bond donors (Lipinski definition) is 3. The largest absolute Gasteiger partial charge is 0.391 e. The molecule has 0 amide bonds. The van der Waals surface area contributed by atoms with Gasteiger partial charge in [-0.25, -0.2) is 4.98 Å². The Kier molecular flexibility index (Phi) is 3.62. The second-order valence-corrected chi connectivity index (χ2v) is 5.08. The van der Waals surface area contributed by atoms with Crippen LogP contribution in [0.15, 0.2) is 59.4 Å². The Bertz CT molecular complexity index is 856. The van der Waals surface area contributed by atoms with E-state index in [0.29, 0.717) is 5.82 Å². The van der Waals surface area contributed by atoms with Crippen LogP contribution >= 0.6 is 0 Å². The maximum Gasteiger partial charge on any atom is 0.276 e. The summed E-state index contributed by atoms with van der Waals surface area (Å²) in [5, 5.41) is 0. The van der Waals surface area contributed by atoms with Crippen LogP contribution in [-0.4, -0.2) is 9.97 Å². The highest BCUT2D eigenvalue weighted by atomic mass is 16.1. The zero-order valence-corrected chi connectivity index (χ0v) is 11.9. The third kappa shape index (κ3) is 2.83. The first-order chi connectivity index (χ1) is 10.6. The fourth-order valence-corrected chi connectivity index (χ4v) is 2.30. The van der Waals surface area contributed by atoms with E-state index in [2.05, 4.69) is 22.1 Å². The van der Waals surface area contributed by atoms with Gasteiger partial charge in [0.25, 0.3) is 5.56 Å². The number of nitrogens with one attached hydrogen (secondary N) is 1. The van der Waals surface area contributed by atoms with Crippen molar-refractivity contribution in [2.75, 3.05) is 11.5 Å². The summed E-state index contributed by atoms with van der Waals surface area (Å²) in [5.41, 5.74) is 13.9. The second-order valence-electron chi connectivity index (χ2n) is 5.08. The average molecular weight is 292 g/mol. The molecular formula is C17H16N4O. The summed E-state index contributed by atoms with van der Waals surface area (Å²) in [4.78, 5) is 18.5. The third-order valence-corrected chi connectivity index (χ3v) is 3.44. The molecule has 2 aromatic carbocycles. The van der Waals surface area contributed by atoms with Crippen LogP contribution in [0, 0.1) is 0 Å². The Balaban J connectivity index is 1.96. The molecule has 110 valence electrons. The lowest BCUT2D eigenvalue weighted by atomic mass is 10.0. The fraction of sp³-hybridized carbons (Fsp3) is 0.0588. The van der Waals surface area contributed by atoms with Crippen molar-refractivity contribution in [2.24, 2.45) is 0 Å². The van der Waals surface area contributed by atoms with Gasteiger partial charge in [-0.2, -0.15) is 0 Å². The molecule has 5 nitrogen and oxygen atoms in total. The molecule has 0 aliphatic carbocycles. The van der Waals surface area contributed by atoms with Crippen LogP contribution < -0.4 is 17.0 Å². The first-order valence-corrected chi connectivity index (χ1v) is 6.92. The van der Waals surface area contributed by atoms with Gasteiger partial charge in [-0.3, -0.25) is 4.79 Å². The highest BCUT2D eigenvalue weighted by Gasteiger charge is 2.08. The van der Waals surface area contributed by atoms with E-state index in [1.165, 1.54) is 5.56 Å². The Morgan fingerprint density at radius 2 is 1.68 bits per heavy atom. The van der Waals surface area contributed by atoms with Gasteiger partial charge in [0.2, 0.25) is 0 Å². The third-order valence-electron chi connectivity index (χ3n) is 3.44. The average Bonchev–Trinajstić information content (AvgIpc) is 2.53. The van der Waals surface area contributed by atoms with E-state index in [1.807, 2.05) is 42.5 Å². The van der Waals surface area contributed by atoms with Gasteiger partial charge < -0.3 is 16.5 Å². The van der Waals surface area contributed by atoms with Gasteiger partial charge in [0.15, 0.2) is 5.82 Å². The SMILES string of the molecule is Nc1nc(-c2cccc(Cc3ccccc3)c2)[nH]c(=O)c1N. The highest BCUT2D eigenvalue weighted by Crippen LogP contribution is 2.19. The molecule has 5 N–H and O–H groups in total. The summed E-state index contributed by atoms with van der Waals surface area (Å²) in [7, 11) is 0. The molecule has 0 saturated heterocycles. The number of nitrogens with zero attached hydrogens (tertiary/aromatic N) is 1. The van der Waals surface area contributed by atoms with Crippen molar-refractivity contribution in [3.63, 3.8) is 0 Å². The number of rotatable bonds is 3. The van der Waals surface area contributed by atoms with Gasteiger partial charge in [0.1, 0.15) is 11.5 Å². The number of H-pyrrole nitrogens is 1. The molecule has 0 spiro atoms. The van der Waals surface area contributed by atoms with Gasteiger partial charge in [-0.15, -0.1) is 0 Å². The Labute approximate surface area is 127 Å². The minimum Gasteiger partial charge on any atom is -0.391 e. The molecular weight excluding hydrogens is 276 g/mol. The summed E-state index contributed by atoms with van der Waals surface area (Å²) < 4.78 is 0. The van der Waals surface area contributed by atoms with Gasteiger partial charge in [0, 0.05) is 5.56 Å². The van der Waals surface area contributed by atoms with E-state index >= 15 is 0 Å². The first kappa shape index (κ1) is 13.9. The van der Waals surface area contributed by atoms with Gasteiger partial charge in [-0.05, 0) is 23.6 Å². The molecule has 5 heteroatoms. The van der Waals surface area contributed by atoms with Crippen molar-refractivity contribution in [2.45, 2.75) is 6.42 Å². The van der Waals surface area contributed by atoms with Crippen molar-refractivity contribution < 1.29 is 0 Å². The zero-order valence-electron chi connectivity index (χ0n) is 11.9. The summed E-state index contributed by atoms with van der Waals surface area (Å²) in [6.07, 6.45) is 0.809. The molecule has 0 aliphatic heterocycles. The minimum atomic E-state index is -0.420. The quantitative estimate of drug-likeness (QED) is 0.689. The number of aromatic amines is 1. The molecule has 1 aromatic heterocycles. The van der Waals surface area contributed by atoms with Gasteiger partial charge in [-0.1, -0.05) is 48.5 Å². The summed E-state index contributed by atoms with van der Waals surface area (Å²) in [5.74, 6) is 0.471. The normalized spacial score (nSPS) is 10.5. The van der Waals surface area contributed by atoms with E-state index in [0.717, 1.165) is 17.5 Å². The van der Waals surface area contributed by atoms with Crippen LogP contribution in [0.4, 0.5) is 11.5 Å². The molecule has 0 saturated carbocycles. The number of nitrogens with two attached hydrogens (primary N) is 2. The topological polar surface area (TPSA) is 97.8 Å². The number of hydrogen-bond acceptors (Lipinski definition) is 4. The Morgan fingerprint density at radius 1 is 0.955 bits per heavy atom. The van der Waals surface area contributed by atoms with Gasteiger partial charge >= 0.3 is 0 Å². The standard InChI is InChI=1S/C17H16N4O/c18-14-15(19)20-16(21-17(14)22)13-8-4-7-12(10-13)9-11-5-2-1-3-6-11/h1-8,10H,9,18H2,(H3,19,20,21,22). The van der Waals surface area contributed by atoms with Crippen molar-refractivity contribution in [1.29, 1.82) is 0 Å². The zero-order chi connectivity index (χ0) is 15.5. The minimum absolute atomic E-state index is 0.0483. The lowest BCUT2D eigenvalue weighted by Gasteiger charge is -2.07. The van der Waals surface area contributed by atoms with Crippen molar-refractivity contribution in [3.8, 4) is 11.4 Å². The molecule has 1 heterocycles. The molecule has 0 radical (unpaired) electrons. The molecule has 0 unspecified atom stereocenters. The maximum absolute atomic E-state index is 11.7. The Morgan fingerprint density at radius 3 is 2.41 bits per heavy atom. The van der Waals surface area contributed by atoms with Crippen LogP contribution in [0.2, 0.25) is 0 Å². The van der Waals surface area contributed by atoms with Crippen LogP contribution in [0.25, 0.3) is 11.4 Å². The van der Waals surface area contributed by atoms with Crippen molar-refractivity contribution in [1.82, 2.24) is 9.97 Å². The van der Waals surface area contributed by atoms with Crippen molar-refractivity contribution in [3.05, 3.63) is 76.1 Å². The molecule has 0 bridgehead atoms. The van der Waals surface area contributed by atoms with Crippen LogP contribution in [0.1, 0.15) is 11.1 Å². The lowest BCUT2D eigenvalue weighted by Crippen LogP contribution is -2.17. The van der Waals surface area contributed by atoms with Crippen LogP contribution in [0.3, 0.4) is 0 Å². The molecule has 3 aromatic rings. The maximum atomic E-state index is 11.7. The summed E-state index contributed by atoms with van der Waals surface area (Å²) in [6.45, 7) is 0. The molecule has 0 fully saturated rings. The predicted molar refractivity (Wildman–Crippen MR) is 88.4 cm³/mol. The first-order valence-electron chi connectivity index (χ1n) is 6.92. The van der Waals surface area contributed by atoms with E-state index in [9.17, 15) is 4.79 Å². The van der Waals surface area contributed by atoms with E-state index in [4.69, 9.17) is 11.5 Å². The van der Waals surface area contributed by atoms with Crippen LogP contribution in [-0.2, 0) is 6.42 Å². The number of nitrogen functional groups attached to an aromatic ring is 2. The molecule has 0 aliphatic rings. The summed E-state index contributed by atoms with van der Waals surface area (Å²) >= 11 is 0. The second kappa shape index (κ2) is 5.73. The Hall–Kier alpha value is -3.08. The lowest BCUT2D eigenvalue weighted by molar-refractivity contribution is 1.13. The van der Waals surface area contributed by atoms with E-state index < -0.39 is 5.56 Å². The number of anilines is 2. The smallest absolute Gasteiger partial charge is 0.276 e. The predicted octanol–water partition coefficient (Wildman–Crippen LogP) is 2.19. The monoisotopic (exact) mass is 292 g/mol. The molecule has 22 heavy (non-hydrogen) atoms. The summed E-state index contributed by atoms with van der Waals surface area (Å²) in [6, 6.07) is 18.0.